The third-order valence-corrected chi connectivity index (χ3v) is 3.78. The normalized spacial score (nSPS) is 11.9. The van der Waals surface area contributed by atoms with Crippen LogP contribution >= 0.6 is 0 Å². The van der Waals surface area contributed by atoms with E-state index in [1.807, 2.05) is 6.07 Å². The minimum absolute atomic E-state index is 0.00701. The Morgan fingerprint density at radius 1 is 1.24 bits per heavy atom. The lowest BCUT2D eigenvalue weighted by Gasteiger charge is -2.16. The summed E-state index contributed by atoms with van der Waals surface area (Å²) in [6.45, 7) is 1.76. The lowest BCUT2D eigenvalue weighted by atomic mass is 9.88. The first-order valence-electron chi connectivity index (χ1n) is 7.65. The highest BCUT2D eigenvalue weighted by Gasteiger charge is 2.23. The summed E-state index contributed by atoms with van der Waals surface area (Å²) in [6, 6.07) is 8.98. The first-order valence-corrected chi connectivity index (χ1v) is 7.65. The number of amides is 1. The van der Waals surface area contributed by atoms with Gasteiger partial charge in [-0.1, -0.05) is 12.1 Å². The van der Waals surface area contributed by atoms with Gasteiger partial charge in [-0.05, 0) is 30.7 Å². The summed E-state index contributed by atoms with van der Waals surface area (Å²) in [6.07, 6.45) is 3.16. The Bertz CT molecular complexity index is 933. The summed E-state index contributed by atoms with van der Waals surface area (Å²) >= 11 is 0. The molecule has 0 saturated heterocycles. The second kappa shape index (κ2) is 7.00. The first-order chi connectivity index (χ1) is 12.0. The smallest absolute Gasteiger partial charge is 0.321 e. The molecule has 0 aliphatic carbocycles. The number of nitrogens with zero attached hydrogens (tertiary/aromatic N) is 2. The van der Waals surface area contributed by atoms with Crippen molar-refractivity contribution >= 4 is 5.91 Å². The quantitative estimate of drug-likeness (QED) is 0.628. The van der Waals surface area contributed by atoms with E-state index in [-0.39, 0.29) is 18.0 Å². The van der Waals surface area contributed by atoms with E-state index in [4.69, 9.17) is 10.5 Å². The second-order valence-electron chi connectivity index (χ2n) is 5.55. The Kier molecular flexibility index (Phi) is 4.60. The molecule has 4 N–H and O–H groups in total. The van der Waals surface area contributed by atoms with Gasteiger partial charge in [-0.3, -0.25) is 14.7 Å². The van der Waals surface area contributed by atoms with Crippen molar-refractivity contribution in [2.45, 2.75) is 19.3 Å². The van der Waals surface area contributed by atoms with Crippen LogP contribution in [0.25, 0.3) is 0 Å². The minimum atomic E-state index is -0.497. The third kappa shape index (κ3) is 3.74. The molecule has 2 aromatic heterocycles. The van der Waals surface area contributed by atoms with E-state index in [0.29, 0.717) is 17.0 Å². The number of carbonyl (C=O) groups is 1. The van der Waals surface area contributed by atoms with Crippen molar-refractivity contribution in [2.24, 2.45) is 5.73 Å². The van der Waals surface area contributed by atoms with Gasteiger partial charge >= 0.3 is 6.01 Å². The van der Waals surface area contributed by atoms with Gasteiger partial charge in [0.2, 0.25) is 5.91 Å². The van der Waals surface area contributed by atoms with Crippen LogP contribution in [0.2, 0.25) is 0 Å². The van der Waals surface area contributed by atoms with E-state index in [0.717, 1.165) is 5.56 Å². The van der Waals surface area contributed by atoms with Crippen molar-refractivity contribution in [3.63, 3.8) is 0 Å². The molecule has 1 atom stereocenters. The molecule has 128 valence electrons. The molecule has 2 heterocycles. The number of carbonyl (C=O) groups excluding carboxylic acids is 1. The Hall–Kier alpha value is -3.42. The summed E-state index contributed by atoms with van der Waals surface area (Å²) < 4.78 is 5.62. The highest BCUT2D eigenvalue weighted by Crippen LogP contribution is 2.30. The molecule has 3 aromatic rings. The average molecular weight is 339 g/mol. The van der Waals surface area contributed by atoms with Gasteiger partial charge in [-0.25, -0.2) is 9.97 Å². The number of aromatic amines is 2. The standard InChI is InChI=1S/C17H17N5O3/c1-10-15(16(24)22-21-10)13(9-14(18)23)11-4-2-5-12(8-11)25-17-19-6-3-7-20-17/h2-8,13H,9H2,1H3,(H2,18,23)(H2,21,22,24). The van der Waals surface area contributed by atoms with Gasteiger partial charge in [0.25, 0.3) is 5.56 Å². The fourth-order valence-corrected chi connectivity index (χ4v) is 2.70. The Morgan fingerprint density at radius 3 is 2.64 bits per heavy atom. The predicted molar refractivity (Wildman–Crippen MR) is 90.4 cm³/mol. The molecule has 0 saturated carbocycles. The molecule has 0 bridgehead atoms. The number of aromatic nitrogens is 4. The largest absolute Gasteiger partial charge is 0.424 e. The highest BCUT2D eigenvalue weighted by molar-refractivity contribution is 5.75. The molecule has 0 fully saturated rings. The van der Waals surface area contributed by atoms with Gasteiger partial charge in [-0.15, -0.1) is 0 Å². The van der Waals surface area contributed by atoms with Crippen molar-refractivity contribution in [1.82, 2.24) is 20.2 Å². The van der Waals surface area contributed by atoms with Crippen molar-refractivity contribution in [3.8, 4) is 11.8 Å². The Morgan fingerprint density at radius 2 is 2.00 bits per heavy atom. The van der Waals surface area contributed by atoms with Crippen LogP contribution in [0.1, 0.15) is 29.2 Å². The zero-order valence-corrected chi connectivity index (χ0v) is 13.5. The van der Waals surface area contributed by atoms with Crippen LogP contribution in [0.15, 0.2) is 47.5 Å². The van der Waals surface area contributed by atoms with Crippen molar-refractivity contribution in [1.29, 1.82) is 0 Å². The zero-order valence-electron chi connectivity index (χ0n) is 13.5. The SMILES string of the molecule is Cc1[nH][nH]c(=O)c1C(CC(N)=O)c1cccc(Oc2ncccn2)c1. The Labute approximate surface area is 143 Å². The summed E-state index contributed by atoms with van der Waals surface area (Å²) in [4.78, 5) is 31.7. The first kappa shape index (κ1) is 16.4. The van der Waals surface area contributed by atoms with Crippen LogP contribution in [-0.4, -0.2) is 26.1 Å². The summed E-state index contributed by atoms with van der Waals surface area (Å²) in [7, 11) is 0. The maximum Gasteiger partial charge on any atom is 0.321 e. The number of rotatable bonds is 6. The van der Waals surface area contributed by atoms with Crippen molar-refractivity contribution in [3.05, 3.63) is 69.9 Å². The van der Waals surface area contributed by atoms with Gasteiger partial charge < -0.3 is 15.6 Å². The van der Waals surface area contributed by atoms with Gasteiger partial charge in [0.1, 0.15) is 5.75 Å². The van der Waals surface area contributed by atoms with E-state index in [1.165, 1.54) is 0 Å². The molecule has 1 amide bonds. The molecule has 3 rings (SSSR count). The number of ether oxygens (including phenoxy) is 1. The maximum atomic E-state index is 12.1. The van der Waals surface area contributed by atoms with Crippen LogP contribution in [0, 0.1) is 6.92 Å². The minimum Gasteiger partial charge on any atom is -0.424 e. The predicted octanol–water partition coefficient (Wildman–Crippen LogP) is 1.60. The molecule has 0 radical (unpaired) electrons. The fourth-order valence-electron chi connectivity index (χ4n) is 2.70. The number of nitrogens with one attached hydrogen (secondary N) is 2. The molecule has 8 heteroatoms. The van der Waals surface area contributed by atoms with Crippen molar-refractivity contribution < 1.29 is 9.53 Å². The van der Waals surface area contributed by atoms with E-state index in [9.17, 15) is 9.59 Å². The number of primary amides is 1. The van der Waals surface area contributed by atoms with Crippen LogP contribution in [0.4, 0.5) is 0 Å². The van der Waals surface area contributed by atoms with Crippen LogP contribution in [-0.2, 0) is 4.79 Å². The third-order valence-electron chi connectivity index (χ3n) is 3.78. The van der Waals surface area contributed by atoms with E-state index in [2.05, 4.69) is 20.2 Å². The number of nitrogens with two attached hydrogens (primary N) is 1. The van der Waals surface area contributed by atoms with Gasteiger partial charge in [0.05, 0.1) is 0 Å². The molecule has 1 unspecified atom stereocenters. The van der Waals surface area contributed by atoms with E-state index >= 15 is 0 Å². The molecular weight excluding hydrogens is 322 g/mol. The van der Waals surface area contributed by atoms with Crippen molar-refractivity contribution in [2.75, 3.05) is 0 Å². The zero-order chi connectivity index (χ0) is 17.8. The number of H-pyrrole nitrogens is 2. The lowest BCUT2D eigenvalue weighted by molar-refractivity contribution is -0.118. The maximum absolute atomic E-state index is 12.1. The molecular formula is C17H17N5O3. The second-order valence-corrected chi connectivity index (χ2v) is 5.55. The average Bonchev–Trinajstić information content (AvgIpc) is 2.92. The number of hydrogen-bond acceptors (Lipinski definition) is 5. The number of hydrogen-bond donors (Lipinski definition) is 3. The molecule has 0 aliphatic rings. The fraction of sp³-hybridized carbons (Fsp3) is 0.176. The van der Waals surface area contributed by atoms with Gasteiger partial charge in [-0.2, -0.15) is 0 Å². The summed E-state index contributed by atoms with van der Waals surface area (Å²) in [5.41, 5.74) is 6.99. The lowest BCUT2D eigenvalue weighted by Crippen LogP contribution is -2.20. The monoisotopic (exact) mass is 339 g/mol. The Balaban J connectivity index is 1.98. The number of benzene rings is 1. The van der Waals surface area contributed by atoms with Gasteiger partial charge in [0.15, 0.2) is 0 Å². The topological polar surface area (TPSA) is 127 Å². The van der Waals surface area contributed by atoms with E-state index < -0.39 is 11.8 Å². The molecule has 25 heavy (non-hydrogen) atoms. The van der Waals surface area contributed by atoms with Gasteiger partial charge in [0, 0.05) is 36.0 Å². The summed E-state index contributed by atoms with van der Waals surface area (Å²) in [5, 5.41) is 5.30. The van der Waals surface area contributed by atoms with Crippen LogP contribution in [0.3, 0.4) is 0 Å². The molecule has 0 aliphatic heterocycles. The number of aryl methyl sites for hydroxylation is 1. The van der Waals surface area contributed by atoms with Crippen LogP contribution < -0.4 is 16.0 Å². The molecule has 0 spiro atoms. The summed E-state index contributed by atoms with van der Waals surface area (Å²) in [5.74, 6) is -0.474. The van der Waals surface area contributed by atoms with Crippen LogP contribution in [0.5, 0.6) is 11.8 Å². The highest BCUT2D eigenvalue weighted by atomic mass is 16.5. The van der Waals surface area contributed by atoms with E-state index in [1.54, 1.807) is 43.6 Å². The molecule has 1 aromatic carbocycles. The molecule has 8 nitrogen and oxygen atoms in total.